The first kappa shape index (κ1) is 25.4. The normalized spacial score (nSPS) is 16.9. The van der Waals surface area contributed by atoms with Crippen LogP contribution >= 0.6 is 0 Å². The van der Waals surface area contributed by atoms with Crippen molar-refractivity contribution in [2.45, 2.75) is 45.6 Å². The van der Waals surface area contributed by atoms with Gasteiger partial charge in [0.15, 0.2) is 0 Å². The monoisotopic (exact) mass is 464 g/mol. The average Bonchev–Trinajstić information content (AvgIpc) is 2.85. The molecule has 1 heterocycles. The second-order valence-corrected chi connectivity index (χ2v) is 8.92. The number of nitrogens with one attached hydrogen (secondary N) is 3. The number of amides is 3. The summed E-state index contributed by atoms with van der Waals surface area (Å²) in [6.07, 6.45) is 3.75. The number of hydrogen-bond acceptors (Lipinski definition) is 4. The highest BCUT2D eigenvalue weighted by Crippen LogP contribution is 2.19. The molecule has 2 aromatic rings. The number of hydrogen-bond donors (Lipinski definition) is 3. The Balaban J connectivity index is 1.56. The molecule has 0 bridgehead atoms. The van der Waals surface area contributed by atoms with Crippen molar-refractivity contribution < 1.29 is 14.4 Å². The third-order valence-electron chi connectivity index (χ3n) is 6.17. The highest BCUT2D eigenvalue weighted by atomic mass is 16.2. The third-order valence-corrected chi connectivity index (χ3v) is 6.17. The largest absolute Gasteiger partial charge is 0.356 e. The third kappa shape index (κ3) is 7.42. The van der Waals surface area contributed by atoms with Crippen molar-refractivity contribution >= 4 is 23.4 Å². The summed E-state index contributed by atoms with van der Waals surface area (Å²) in [5, 5.41) is 8.90. The van der Waals surface area contributed by atoms with Crippen LogP contribution in [0.15, 0.2) is 54.6 Å². The first-order valence-electron chi connectivity index (χ1n) is 12.2. The molecule has 0 aliphatic carbocycles. The van der Waals surface area contributed by atoms with Crippen molar-refractivity contribution in [3.8, 4) is 0 Å². The lowest BCUT2D eigenvalue weighted by atomic mass is 9.97. The molecule has 1 aliphatic heterocycles. The van der Waals surface area contributed by atoms with Crippen LogP contribution < -0.4 is 16.0 Å². The zero-order valence-electron chi connectivity index (χ0n) is 20.2. The number of unbranched alkanes of at least 4 members (excludes halogenated alkanes) is 1. The Kier molecular flexibility index (Phi) is 9.64. The van der Waals surface area contributed by atoms with Gasteiger partial charge >= 0.3 is 0 Å². The van der Waals surface area contributed by atoms with Gasteiger partial charge in [0.2, 0.25) is 11.8 Å². The zero-order valence-corrected chi connectivity index (χ0v) is 20.2. The molecule has 7 heteroatoms. The Hall–Kier alpha value is -3.19. The fourth-order valence-corrected chi connectivity index (χ4v) is 4.23. The maximum Gasteiger partial charge on any atom is 0.253 e. The molecule has 3 amide bonds. The molecule has 2 atom stereocenters. The van der Waals surface area contributed by atoms with Crippen molar-refractivity contribution in [1.29, 1.82) is 0 Å². The predicted octanol–water partition coefficient (Wildman–Crippen LogP) is 3.74. The van der Waals surface area contributed by atoms with Crippen molar-refractivity contribution in [1.82, 2.24) is 15.5 Å². The summed E-state index contributed by atoms with van der Waals surface area (Å²) in [5.74, 6) is -0.443. The maximum absolute atomic E-state index is 12.9. The lowest BCUT2D eigenvalue weighted by Crippen LogP contribution is -2.45. The Morgan fingerprint density at radius 3 is 2.56 bits per heavy atom. The molecule has 34 heavy (non-hydrogen) atoms. The van der Waals surface area contributed by atoms with Gasteiger partial charge in [-0.3, -0.25) is 19.3 Å². The van der Waals surface area contributed by atoms with E-state index < -0.39 is 0 Å². The Morgan fingerprint density at radius 1 is 1.06 bits per heavy atom. The molecule has 1 saturated heterocycles. The van der Waals surface area contributed by atoms with Crippen LogP contribution in [-0.2, 0) is 9.59 Å². The second-order valence-electron chi connectivity index (χ2n) is 8.92. The molecule has 7 nitrogen and oxygen atoms in total. The number of rotatable bonds is 10. The van der Waals surface area contributed by atoms with Crippen LogP contribution in [0.1, 0.15) is 61.5 Å². The second kappa shape index (κ2) is 12.9. The topological polar surface area (TPSA) is 90.5 Å². The van der Waals surface area contributed by atoms with E-state index in [0.717, 1.165) is 37.8 Å². The summed E-state index contributed by atoms with van der Waals surface area (Å²) >= 11 is 0. The van der Waals surface area contributed by atoms with E-state index in [9.17, 15) is 14.4 Å². The first-order valence-corrected chi connectivity index (χ1v) is 12.2. The van der Waals surface area contributed by atoms with E-state index in [1.165, 1.54) is 0 Å². The van der Waals surface area contributed by atoms with Crippen LogP contribution in [0.25, 0.3) is 0 Å². The maximum atomic E-state index is 12.9. The van der Waals surface area contributed by atoms with Crippen molar-refractivity contribution in [2.75, 3.05) is 31.5 Å². The summed E-state index contributed by atoms with van der Waals surface area (Å²) < 4.78 is 0. The van der Waals surface area contributed by atoms with E-state index in [4.69, 9.17) is 0 Å². The fraction of sp³-hybridized carbons (Fsp3) is 0.444. The van der Waals surface area contributed by atoms with Gasteiger partial charge in [-0.15, -0.1) is 0 Å². The van der Waals surface area contributed by atoms with Gasteiger partial charge in [0.1, 0.15) is 0 Å². The number of anilines is 1. The molecule has 3 rings (SSSR count). The number of carbonyl (C=O) groups excluding carboxylic acids is 3. The molecule has 0 aromatic heterocycles. The molecular formula is C27H36N4O3. The lowest BCUT2D eigenvalue weighted by molar-refractivity contribution is -0.127. The van der Waals surface area contributed by atoms with E-state index in [0.29, 0.717) is 24.3 Å². The standard InChI is InChI=1S/C27H36N4O3/c1-3-4-16-28-26(33)22-13-10-17-31(18-22)19-25(32)30-24-15-9-8-14-23(24)27(34)29-20(2)21-11-6-5-7-12-21/h5-9,11-12,14-15,20,22H,3-4,10,13,16-19H2,1-2H3,(H,28,33)(H,29,34)(H,30,32). The van der Waals surface area contributed by atoms with Gasteiger partial charge < -0.3 is 16.0 Å². The summed E-state index contributed by atoms with van der Waals surface area (Å²) in [4.78, 5) is 40.2. The van der Waals surface area contributed by atoms with Crippen LogP contribution in [0.2, 0.25) is 0 Å². The Labute approximate surface area is 202 Å². The van der Waals surface area contributed by atoms with Gasteiger partial charge in [0.25, 0.3) is 5.91 Å². The number of benzene rings is 2. The van der Waals surface area contributed by atoms with E-state index in [-0.39, 0.29) is 36.2 Å². The highest BCUT2D eigenvalue weighted by Gasteiger charge is 2.27. The van der Waals surface area contributed by atoms with Crippen molar-refractivity contribution in [2.24, 2.45) is 5.92 Å². The average molecular weight is 465 g/mol. The molecule has 2 aromatic carbocycles. The van der Waals surface area contributed by atoms with Crippen molar-refractivity contribution in [3.63, 3.8) is 0 Å². The van der Waals surface area contributed by atoms with E-state index in [1.54, 1.807) is 24.3 Å². The minimum absolute atomic E-state index is 0.0770. The predicted molar refractivity (Wildman–Crippen MR) is 134 cm³/mol. The van der Waals surface area contributed by atoms with E-state index >= 15 is 0 Å². The van der Waals surface area contributed by atoms with E-state index in [2.05, 4.69) is 22.9 Å². The highest BCUT2D eigenvalue weighted by molar-refractivity contribution is 6.04. The molecule has 1 aliphatic rings. The molecule has 2 unspecified atom stereocenters. The van der Waals surface area contributed by atoms with Crippen LogP contribution in [0.4, 0.5) is 5.69 Å². The zero-order chi connectivity index (χ0) is 24.3. The van der Waals surface area contributed by atoms with Gasteiger partial charge in [-0.1, -0.05) is 55.8 Å². The summed E-state index contributed by atoms with van der Waals surface area (Å²) in [6, 6.07) is 16.6. The van der Waals surface area contributed by atoms with Crippen LogP contribution in [0, 0.1) is 5.92 Å². The van der Waals surface area contributed by atoms with Crippen molar-refractivity contribution in [3.05, 3.63) is 65.7 Å². The number of nitrogens with zero attached hydrogens (tertiary/aromatic N) is 1. The molecule has 182 valence electrons. The molecule has 0 radical (unpaired) electrons. The van der Waals surface area contributed by atoms with Gasteiger partial charge in [-0.25, -0.2) is 0 Å². The smallest absolute Gasteiger partial charge is 0.253 e. The Morgan fingerprint density at radius 2 is 1.79 bits per heavy atom. The van der Waals surface area contributed by atoms with Crippen LogP contribution in [-0.4, -0.2) is 48.8 Å². The molecule has 3 N–H and O–H groups in total. The number of likely N-dealkylation sites (tertiary alicyclic amines) is 1. The quantitative estimate of drug-likeness (QED) is 0.467. The lowest BCUT2D eigenvalue weighted by Gasteiger charge is -2.31. The number of piperidine rings is 1. The van der Waals surface area contributed by atoms with Gasteiger partial charge in [-0.2, -0.15) is 0 Å². The van der Waals surface area contributed by atoms with Crippen LogP contribution in [0.3, 0.4) is 0 Å². The number of para-hydroxylation sites is 1. The van der Waals surface area contributed by atoms with Gasteiger partial charge in [0, 0.05) is 13.1 Å². The first-order chi connectivity index (χ1) is 16.5. The molecule has 1 fully saturated rings. The molecular weight excluding hydrogens is 428 g/mol. The minimum Gasteiger partial charge on any atom is -0.356 e. The minimum atomic E-state index is -0.242. The molecule has 0 spiro atoms. The van der Waals surface area contributed by atoms with Gasteiger partial charge in [-0.05, 0) is 50.4 Å². The van der Waals surface area contributed by atoms with E-state index in [1.807, 2.05) is 42.2 Å². The molecule has 0 saturated carbocycles. The summed E-state index contributed by atoms with van der Waals surface area (Å²) in [6.45, 7) is 6.27. The number of carbonyl (C=O) groups is 3. The fourth-order valence-electron chi connectivity index (χ4n) is 4.23. The van der Waals surface area contributed by atoms with Crippen LogP contribution in [0.5, 0.6) is 0 Å². The summed E-state index contributed by atoms with van der Waals surface area (Å²) in [7, 11) is 0. The van der Waals surface area contributed by atoms with Gasteiger partial charge in [0.05, 0.1) is 29.8 Å². The summed E-state index contributed by atoms with van der Waals surface area (Å²) in [5.41, 5.74) is 1.91. The Bertz CT molecular complexity index is 963. The SMILES string of the molecule is CCCCNC(=O)C1CCCN(CC(=O)Nc2ccccc2C(=O)NC(C)c2ccccc2)C1.